The summed E-state index contributed by atoms with van der Waals surface area (Å²) >= 11 is 0. The third-order valence-corrected chi connectivity index (χ3v) is 2.68. The number of hydrogen-bond acceptors (Lipinski definition) is 1. The fourth-order valence-corrected chi connectivity index (χ4v) is 1.82. The average molecular weight is 191 g/mol. The van der Waals surface area contributed by atoms with Crippen LogP contribution in [0.3, 0.4) is 0 Å². The summed E-state index contributed by atoms with van der Waals surface area (Å²) in [4.78, 5) is 0. The Labute approximate surface area is 87.5 Å². The Bertz CT molecular complexity index is 268. The number of aryl methyl sites for hydroxylation is 1. The van der Waals surface area contributed by atoms with Crippen LogP contribution >= 0.6 is 0 Å². The highest BCUT2D eigenvalue weighted by atomic mass is 14.8. The summed E-state index contributed by atoms with van der Waals surface area (Å²) in [6.45, 7) is 5.53. The molecule has 1 rings (SSSR count). The molecule has 1 unspecified atom stereocenters. The Morgan fingerprint density at radius 3 is 2.71 bits per heavy atom. The molecule has 1 heteroatoms. The predicted molar refractivity (Wildman–Crippen MR) is 62.6 cm³/mol. The lowest BCUT2D eigenvalue weighted by atomic mass is 9.96. The summed E-state index contributed by atoms with van der Waals surface area (Å²) < 4.78 is 0. The molecule has 0 radical (unpaired) electrons. The van der Waals surface area contributed by atoms with Crippen molar-refractivity contribution in [3.05, 3.63) is 35.4 Å². The molecule has 0 aliphatic rings. The quantitative estimate of drug-likeness (QED) is 0.754. The Balaban J connectivity index is 2.57. The van der Waals surface area contributed by atoms with Crippen LogP contribution < -0.4 is 5.32 Å². The van der Waals surface area contributed by atoms with E-state index in [1.54, 1.807) is 0 Å². The van der Waals surface area contributed by atoms with Crippen molar-refractivity contribution in [1.82, 2.24) is 5.32 Å². The molecule has 1 N–H and O–H groups in total. The second-order valence-electron chi connectivity index (χ2n) is 4.03. The average Bonchev–Trinajstić information content (AvgIpc) is 2.17. The van der Waals surface area contributed by atoms with E-state index in [4.69, 9.17) is 0 Å². The predicted octanol–water partition coefficient (Wildman–Crippen LogP) is 2.78. The first-order valence-electron chi connectivity index (χ1n) is 5.46. The third kappa shape index (κ3) is 3.51. The topological polar surface area (TPSA) is 12.0 Å². The molecule has 0 aromatic heterocycles. The van der Waals surface area contributed by atoms with Crippen LogP contribution in [0.5, 0.6) is 0 Å². The van der Waals surface area contributed by atoms with Crippen molar-refractivity contribution >= 4 is 0 Å². The minimum Gasteiger partial charge on any atom is -0.319 e. The summed E-state index contributed by atoms with van der Waals surface area (Å²) in [7, 11) is 2.03. The second-order valence-corrected chi connectivity index (χ2v) is 4.03. The summed E-state index contributed by atoms with van der Waals surface area (Å²) in [6, 6.07) is 8.82. The van der Waals surface area contributed by atoms with Gasteiger partial charge in [-0.2, -0.15) is 0 Å². The summed E-state index contributed by atoms with van der Waals surface area (Å²) in [5.74, 6) is 0.766. The van der Waals surface area contributed by atoms with E-state index >= 15 is 0 Å². The van der Waals surface area contributed by atoms with E-state index < -0.39 is 0 Å². The van der Waals surface area contributed by atoms with Crippen LogP contribution in [0.1, 0.15) is 24.5 Å². The first-order chi connectivity index (χ1) is 6.76. The lowest BCUT2D eigenvalue weighted by molar-refractivity contribution is 0.481. The van der Waals surface area contributed by atoms with Crippen LogP contribution in [0.2, 0.25) is 0 Å². The first-order valence-corrected chi connectivity index (χ1v) is 5.46. The maximum atomic E-state index is 3.25. The van der Waals surface area contributed by atoms with E-state index in [0.29, 0.717) is 0 Å². The van der Waals surface area contributed by atoms with Gasteiger partial charge >= 0.3 is 0 Å². The molecule has 78 valence electrons. The molecule has 0 heterocycles. The molecule has 0 saturated carbocycles. The normalized spacial score (nSPS) is 12.8. The van der Waals surface area contributed by atoms with Gasteiger partial charge in [0.1, 0.15) is 0 Å². The highest BCUT2D eigenvalue weighted by molar-refractivity contribution is 5.22. The van der Waals surface area contributed by atoms with E-state index in [0.717, 1.165) is 12.5 Å². The van der Waals surface area contributed by atoms with Gasteiger partial charge in [-0.25, -0.2) is 0 Å². The van der Waals surface area contributed by atoms with Crippen molar-refractivity contribution in [2.75, 3.05) is 13.6 Å². The smallest absolute Gasteiger partial charge is 0.00204 e. The second kappa shape index (κ2) is 5.82. The molecule has 0 fully saturated rings. The molecule has 0 aliphatic heterocycles. The van der Waals surface area contributed by atoms with Crippen molar-refractivity contribution in [2.45, 2.75) is 26.7 Å². The molecular formula is C13H21N. The Kier molecular flexibility index (Phi) is 4.68. The van der Waals surface area contributed by atoms with Gasteiger partial charge in [0.2, 0.25) is 0 Å². The fraction of sp³-hybridized carbons (Fsp3) is 0.538. The van der Waals surface area contributed by atoms with Crippen molar-refractivity contribution < 1.29 is 0 Å². The summed E-state index contributed by atoms with van der Waals surface area (Å²) in [5.41, 5.74) is 2.83. The fourth-order valence-electron chi connectivity index (χ4n) is 1.82. The van der Waals surface area contributed by atoms with Gasteiger partial charge < -0.3 is 5.32 Å². The van der Waals surface area contributed by atoms with Crippen LogP contribution in [0, 0.1) is 12.8 Å². The maximum absolute atomic E-state index is 3.25. The van der Waals surface area contributed by atoms with Crippen LogP contribution in [0.15, 0.2) is 24.3 Å². The Morgan fingerprint density at radius 1 is 1.36 bits per heavy atom. The van der Waals surface area contributed by atoms with E-state index in [9.17, 15) is 0 Å². The molecule has 0 amide bonds. The molecule has 1 nitrogen and oxygen atoms in total. The molecule has 1 aromatic carbocycles. The molecule has 0 aliphatic carbocycles. The molecule has 1 aromatic rings. The molecule has 0 saturated heterocycles. The van der Waals surface area contributed by atoms with Gasteiger partial charge in [0.15, 0.2) is 0 Å². The Hall–Kier alpha value is -0.820. The Morgan fingerprint density at radius 2 is 2.14 bits per heavy atom. The first kappa shape index (κ1) is 11.3. The minimum absolute atomic E-state index is 0.766. The molecule has 0 bridgehead atoms. The van der Waals surface area contributed by atoms with Crippen molar-refractivity contribution in [3.8, 4) is 0 Å². The monoisotopic (exact) mass is 191 g/mol. The standard InChI is InChI=1S/C13H21N/c1-4-12(10-14-3)9-13-7-5-6-11(2)8-13/h5-8,12,14H,4,9-10H2,1-3H3. The molecule has 14 heavy (non-hydrogen) atoms. The van der Waals surface area contributed by atoms with Gasteiger partial charge in [-0.15, -0.1) is 0 Å². The van der Waals surface area contributed by atoms with Gasteiger partial charge in [-0.1, -0.05) is 43.2 Å². The number of benzene rings is 1. The van der Waals surface area contributed by atoms with E-state index in [2.05, 4.69) is 43.4 Å². The minimum atomic E-state index is 0.766. The van der Waals surface area contributed by atoms with Crippen LogP contribution in [-0.2, 0) is 6.42 Å². The van der Waals surface area contributed by atoms with Crippen LogP contribution in [-0.4, -0.2) is 13.6 Å². The van der Waals surface area contributed by atoms with Gasteiger partial charge in [0.05, 0.1) is 0 Å². The maximum Gasteiger partial charge on any atom is -0.00204 e. The van der Waals surface area contributed by atoms with Crippen molar-refractivity contribution in [3.63, 3.8) is 0 Å². The van der Waals surface area contributed by atoms with Crippen molar-refractivity contribution in [1.29, 1.82) is 0 Å². The zero-order valence-electron chi connectivity index (χ0n) is 9.51. The molecule has 0 spiro atoms. The molecule has 1 atom stereocenters. The number of rotatable bonds is 5. The zero-order chi connectivity index (χ0) is 10.4. The van der Waals surface area contributed by atoms with Gasteiger partial charge in [-0.3, -0.25) is 0 Å². The largest absolute Gasteiger partial charge is 0.319 e. The van der Waals surface area contributed by atoms with Crippen LogP contribution in [0.4, 0.5) is 0 Å². The third-order valence-electron chi connectivity index (χ3n) is 2.68. The van der Waals surface area contributed by atoms with E-state index in [1.165, 1.54) is 24.0 Å². The number of nitrogens with one attached hydrogen (secondary N) is 1. The van der Waals surface area contributed by atoms with Gasteiger partial charge in [0.25, 0.3) is 0 Å². The number of hydrogen-bond donors (Lipinski definition) is 1. The highest BCUT2D eigenvalue weighted by Gasteiger charge is 2.05. The highest BCUT2D eigenvalue weighted by Crippen LogP contribution is 2.12. The molecular weight excluding hydrogens is 170 g/mol. The van der Waals surface area contributed by atoms with Crippen molar-refractivity contribution in [2.24, 2.45) is 5.92 Å². The lowest BCUT2D eigenvalue weighted by Crippen LogP contribution is -2.20. The van der Waals surface area contributed by atoms with Gasteiger partial charge in [-0.05, 0) is 38.4 Å². The van der Waals surface area contributed by atoms with E-state index in [-0.39, 0.29) is 0 Å². The zero-order valence-corrected chi connectivity index (χ0v) is 9.51. The SMILES string of the molecule is CCC(CNC)Cc1cccc(C)c1. The van der Waals surface area contributed by atoms with E-state index in [1.807, 2.05) is 7.05 Å². The van der Waals surface area contributed by atoms with Gasteiger partial charge in [0, 0.05) is 0 Å². The van der Waals surface area contributed by atoms with Crippen LogP contribution in [0.25, 0.3) is 0 Å². The summed E-state index contributed by atoms with van der Waals surface area (Å²) in [5, 5.41) is 3.25. The summed E-state index contributed by atoms with van der Waals surface area (Å²) in [6.07, 6.45) is 2.44. The lowest BCUT2D eigenvalue weighted by Gasteiger charge is -2.14.